The number of piperidine rings is 1. The summed E-state index contributed by atoms with van der Waals surface area (Å²) in [5, 5.41) is 4.88. The van der Waals surface area contributed by atoms with Crippen molar-refractivity contribution >= 4 is 5.91 Å². The number of benzene rings is 1. The van der Waals surface area contributed by atoms with Crippen molar-refractivity contribution < 1.29 is 14.3 Å². The fourth-order valence-electron chi connectivity index (χ4n) is 4.84. The molecule has 0 unspecified atom stereocenters. The predicted molar refractivity (Wildman–Crippen MR) is 108 cm³/mol. The lowest BCUT2D eigenvalue weighted by atomic mass is 9.72. The van der Waals surface area contributed by atoms with Crippen LogP contribution in [0.4, 0.5) is 0 Å². The first-order chi connectivity index (χ1) is 13.9. The minimum Gasteiger partial charge on any atom is -0.454 e. The summed E-state index contributed by atoms with van der Waals surface area (Å²) in [4.78, 5) is 17.1. The van der Waals surface area contributed by atoms with E-state index in [-0.39, 0.29) is 17.4 Å². The van der Waals surface area contributed by atoms with Crippen LogP contribution in [0.25, 0.3) is 0 Å². The number of aromatic nitrogens is 2. The number of nitrogens with zero attached hydrogens (tertiary/aromatic N) is 4. The van der Waals surface area contributed by atoms with Gasteiger partial charge in [0.05, 0.1) is 11.3 Å². The molecule has 7 nitrogen and oxygen atoms in total. The molecule has 1 aromatic heterocycles. The normalized spacial score (nSPS) is 20.6. The topological polar surface area (TPSA) is 59.8 Å². The van der Waals surface area contributed by atoms with E-state index in [9.17, 15) is 4.79 Å². The Kier molecular flexibility index (Phi) is 4.31. The Morgan fingerprint density at radius 3 is 2.69 bits per heavy atom. The molecule has 1 aromatic carbocycles. The summed E-state index contributed by atoms with van der Waals surface area (Å²) in [6.45, 7) is 8.15. The predicted octanol–water partition coefficient (Wildman–Crippen LogP) is 2.81. The van der Waals surface area contributed by atoms with Crippen LogP contribution in [0.3, 0.4) is 0 Å². The van der Waals surface area contributed by atoms with Crippen molar-refractivity contribution in [3.63, 3.8) is 0 Å². The first kappa shape index (κ1) is 18.5. The van der Waals surface area contributed by atoms with Crippen LogP contribution >= 0.6 is 0 Å². The maximum atomic E-state index is 12.7. The van der Waals surface area contributed by atoms with Crippen molar-refractivity contribution in [2.75, 3.05) is 33.5 Å². The third-order valence-corrected chi connectivity index (χ3v) is 6.54. The van der Waals surface area contributed by atoms with Gasteiger partial charge in [0.25, 0.3) is 5.91 Å². The SMILES string of the molecule is CC(C)n1cc2c(n1)C1(CCN(Cc3ccc4c(c3)OCO4)CC1)CN(C)C2=O. The Morgan fingerprint density at radius 1 is 1.17 bits per heavy atom. The molecule has 0 radical (unpaired) electrons. The van der Waals surface area contributed by atoms with E-state index in [1.54, 1.807) is 0 Å². The molecule has 3 aliphatic rings. The van der Waals surface area contributed by atoms with Crippen molar-refractivity contribution in [2.24, 2.45) is 0 Å². The molecule has 0 aliphatic carbocycles. The lowest BCUT2D eigenvalue weighted by molar-refractivity contribution is 0.0628. The number of ether oxygens (including phenoxy) is 2. The molecule has 1 saturated heterocycles. The molecule has 0 N–H and O–H groups in total. The van der Waals surface area contributed by atoms with Crippen LogP contribution in [-0.2, 0) is 12.0 Å². The first-order valence-electron chi connectivity index (χ1n) is 10.4. The fraction of sp³-hybridized carbons (Fsp3) is 0.545. The molecule has 154 valence electrons. The molecule has 1 spiro atoms. The largest absolute Gasteiger partial charge is 0.454 e. The van der Waals surface area contributed by atoms with Crippen molar-refractivity contribution in [3.05, 3.63) is 41.2 Å². The van der Waals surface area contributed by atoms with Gasteiger partial charge in [-0.1, -0.05) is 6.07 Å². The number of carbonyl (C=O) groups is 1. The molecule has 2 aromatic rings. The highest BCUT2D eigenvalue weighted by molar-refractivity contribution is 5.96. The summed E-state index contributed by atoms with van der Waals surface area (Å²) in [6, 6.07) is 6.45. The number of amides is 1. The van der Waals surface area contributed by atoms with Crippen molar-refractivity contribution in [1.29, 1.82) is 0 Å². The molecular weight excluding hydrogens is 368 g/mol. The quantitative estimate of drug-likeness (QED) is 0.799. The zero-order chi connectivity index (χ0) is 20.2. The molecule has 5 rings (SSSR count). The number of hydrogen-bond donors (Lipinski definition) is 0. The minimum absolute atomic E-state index is 0.0382. The van der Waals surface area contributed by atoms with E-state index in [2.05, 4.69) is 30.9 Å². The molecular formula is C22H28N4O3. The van der Waals surface area contributed by atoms with E-state index in [4.69, 9.17) is 14.6 Å². The van der Waals surface area contributed by atoms with Gasteiger partial charge in [0.2, 0.25) is 6.79 Å². The summed E-state index contributed by atoms with van der Waals surface area (Å²) in [5.41, 5.74) is 3.00. The highest BCUT2D eigenvalue weighted by Gasteiger charge is 2.46. The van der Waals surface area contributed by atoms with Crippen molar-refractivity contribution in [2.45, 2.75) is 44.7 Å². The maximum absolute atomic E-state index is 12.7. The smallest absolute Gasteiger partial charge is 0.257 e. The number of likely N-dealkylation sites (tertiary alicyclic amines) is 1. The second kappa shape index (κ2) is 6.76. The monoisotopic (exact) mass is 396 g/mol. The van der Waals surface area contributed by atoms with Crippen molar-refractivity contribution in [1.82, 2.24) is 19.6 Å². The molecule has 29 heavy (non-hydrogen) atoms. The lowest BCUT2D eigenvalue weighted by Crippen LogP contribution is -2.53. The van der Waals surface area contributed by atoms with E-state index in [1.807, 2.05) is 28.9 Å². The van der Waals surface area contributed by atoms with Gasteiger partial charge < -0.3 is 14.4 Å². The number of likely N-dealkylation sites (N-methyl/N-ethyl adjacent to an activating group) is 1. The van der Waals surface area contributed by atoms with Crippen LogP contribution in [0.5, 0.6) is 11.5 Å². The van der Waals surface area contributed by atoms with Crippen LogP contribution in [0.1, 0.15) is 54.3 Å². The first-order valence-corrected chi connectivity index (χ1v) is 10.4. The van der Waals surface area contributed by atoms with Gasteiger partial charge in [0, 0.05) is 37.8 Å². The van der Waals surface area contributed by atoms with Gasteiger partial charge in [-0.15, -0.1) is 0 Å². The highest BCUT2D eigenvalue weighted by Crippen LogP contribution is 2.41. The van der Waals surface area contributed by atoms with Crippen LogP contribution in [0.15, 0.2) is 24.4 Å². The van der Waals surface area contributed by atoms with E-state index in [0.717, 1.165) is 61.8 Å². The fourth-order valence-corrected chi connectivity index (χ4v) is 4.84. The van der Waals surface area contributed by atoms with E-state index in [1.165, 1.54) is 5.56 Å². The zero-order valence-electron chi connectivity index (χ0n) is 17.4. The summed E-state index contributed by atoms with van der Waals surface area (Å²) in [5.74, 6) is 1.77. The van der Waals surface area contributed by atoms with Gasteiger partial charge >= 0.3 is 0 Å². The Labute approximate surface area is 171 Å². The molecule has 1 amide bonds. The summed E-state index contributed by atoms with van der Waals surface area (Å²) < 4.78 is 12.9. The Balaban J connectivity index is 1.34. The van der Waals surface area contributed by atoms with Gasteiger partial charge in [-0.2, -0.15) is 5.10 Å². The average molecular weight is 396 g/mol. The zero-order valence-corrected chi connectivity index (χ0v) is 17.4. The van der Waals surface area contributed by atoms with Gasteiger partial charge in [-0.3, -0.25) is 14.4 Å². The Bertz CT molecular complexity index is 944. The summed E-state index contributed by atoms with van der Waals surface area (Å²) in [6.07, 6.45) is 3.97. The average Bonchev–Trinajstić information content (AvgIpc) is 3.35. The molecule has 7 heteroatoms. The third kappa shape index (κ3) is 3.08. The molecule has 4 heterocycles. The summed E-state index contributed by atoms with van der Waals surface area (Å²) in [7, 11) is 1.92. The number of hydrogen-bond acceptors (Lipinski definition) is 5. The van der Waals surface area contributed by atoms with Gasteiger partial charge in [0.1, 0.15) is 0 Å². The Morgan fingerprint density at radius 2 is 1.93 bits per heavy atom. The second-order valence-corrected chi connectivity index (χ2v) is 8.87. The second-order valence-electron chi connectivity index (χ2n) is 8.87. The molecule has 1 fully saturated rings. The number of rotatable bonds is 3. The molecule has 0 atom stereocenters. The van der Waals surface area contributed by atoms with Gasteiger partial charge in [-0.05, 0) is 57.5 Å². The molecule has 0 saturated carbocycles. The van der Waals surface area contributed by atoms with Crippen LogP contribution in [-0.4, -0.2) is 59.0 Å². The van der Waals surface area contributed by atoms with Gasteiger partial charge in [-0.25, -0.2) is 0 Å². The Hall–Kier alpha value is -2.54. The van der Waals surface area contributed by atoms with Crippen molar-refractivity contribution in [3.8, 4) is 11.5 Å². The van der Waals surface area contributed by atoms with E-state index in [0.29, 0.717) is 6.79 Å². The molecule has 3 aliphatic heterocycles. The third-order valence-electron chi connectivity index (χ3n) is 6.54. The van der Waals surface area contributed by atoms with Crippen LogP contribution in [0.2, 0.25) is 0 Å². The maximum Gasteiger partial charge on any atom is 0.257 e. The van der Waals surface area contributed by atoms with Crippen LogP contribution < -0.4 is 9.47 Å². The number of fused-ring (bicyclic) bond motifs is 3. The number of carbonyl (C=O) groups excluding carboxylic acids is 1. The lowest BCUT2D eigenvalue weighted by Gasteiger charge is -2.45. The summed E-state index contributed by atoms with van der Waals surface area (Å²) >= 11 is 0. The standard InChI is InChI=1S/C22H28N4O3/c1-15(2)26-12-17-20(23-26)22(13-24(3)21(17)27)6-8-25(9-7-22)11-16-4-5-18-19(10-16)29-14-28-18/h4-5,10,12,15H,6-9,11,13-14H2,1-3H3. The minimum atomic E-state index is -0.0382. The van der Waals surface area contributed by atoms with Crippen LogP contribution in [0, 0.1) is 0 Å². The highest BCUT2D eigenvalue weighted by atomic mass is 16.7. The van der Waals surface area contributed by atoms with Gasteiger partial charge in [0.15, 0.2) is 11.5 Å². The van der Waals surface area contributed by atoms with E-state index >= 15 is 0 Å². The van der Waals surface area contributed by atoms with E-state index < -0.39 is 0 Å². The molecule has 0 bridgehead atoms.